The fraction of sp³-hybridized carbons (Fsp3) is 0.793. The Hall–Kier alpha value is -1.99. The lowest BCUT2D eigenvalue weighted by molar-refractivity contribution is -0.141. The summed E-state index contributed by atoms with van der Waals surface area (Å²) in [6.07, 6.45) is 8.98. The molecule has 14 heteroatoms. The van der Waals surface area contributed by atoms with E-state index < -0.39 is 32.4 Å². The molecule has 0 amide bonds. The summed E-state index contributed by atoms with van der Waals surface area (Å²) < 4.78 is 28.2. The minimum Gasteiger partial charge on any atom is -0.393 e. The summed E-state index contributed by atoms with van der Waals surface area (Å²) in [6.45, 7) is 4.69. The summed E-state index contributed by atoms with van der Waals surface area (Å²) >= 11 is 0. The van der Waals surface area contributed by atoms with Crippen LogP contribution in [0.25, 0.3) is 11.2 Å². The lowest BCUT2D eigenvalue weighted by Gasteiger charge is -2.60. The van der Waals surface area contributed by atoms with Crippen LogP contribution in [0.1, 0.15) is 77.9 Å². The third-order valence-corrected chi connectivity index (χ3v) is 13.0. The van der Waals surface area contributed by atoms with Gasteiger partial charge in [-0.1, -0.05) is 13.8 Å². The molecule has 0 bridgehead atoms. The molecule has 2 aromatic rings. The van der Waals surface area contributed by atoms with Crippen LogP contribution in [0, 0.1) is 34.5 Å². The molecule has 1 unspecified atom stereocenters. The van der Waals surface area contributed by atoms with Gasteiger partial charge >= 0.3 is 7.82 Å². The van der Waals surface area contributed by atoms with Crippen LogP contribution in [0.4, 0.5) is 5.82 Å². The summed E-state index contributed by atoms with van der Waals surface area (Å²) in [5.74, 6) is 3.72. The van der Waals surface area contributed by atoms with Crippen LogP contribution in [-0.2, 0) is 23.1 Å². The number of rotatable bonds is 1. The number of Topliss-reactive ketones (excluding diaryl/α,β-unsaturated/α-hetero) is 1. The Labute approximate surface area is 250 Å². The summed E-state index contributed by atoms with van der Waals surface area (Å²) in [5, 5.41) is 20.8. The van der Waals surface area contributed by atoms with E-state index in [-0.39, 0.29) is 23.9 Å². The Balaban J connectivity index is 0.000000140. The number of phosphoric ester groups is 1. The predicted octanol–water partition coefficient (Wildman–Crippen LogP) is 3.14. The first-order valence-electron chi connectivity index (χ1n) is 15.5. The molecule has 8 rings (SSSR count). The molecular formula is C29H42N5O8P. The van der Waals surface area contributed by atoms with Crippen LogP contribution in [0.3, 0.4) is 0 Å². The number of aromatic nitrogens is 4. The molecular weight excluding hydrogens is 577 g/mol. The average Bonchev–Trinajstić information content (AvgIpc) is 3.63. The number of phosphoric acid groups is 1. The van der Waals surface area contributed by atoms with Crippen LogP contribution in [0.15, 0.2) is 12.7 Å². The molecule has 0 spiro atoms. The van der Waals surface area contributed by atoms with E-state index in [0.717, 1.165) is 43.4 Å². The van der Waals surface area contributed by atoms with Crippen molar-refractivity contribution in [3.63, 3.8) is 0 Å². The Bertz CT molecular complexity index is 1460. The number of ether oxygens (including phenoxy) is 1. The van der Waals surface area contributed by atoms with Gasteiger partial charge in [0.05, 0.1) is 19.0 Å². The quantitative estimate of drug-likeness (QED) is 0.342. The second kappa shape index (κ2) is 10.5. The maximum Gasteiger partial charge on any atom is 0.472 e. The molecule has 2 aromatic heterocycles. The molecule has 5 N–H and O–H groups in total. The number of anilines is 1. The third kappa shape index (κ3) is 4.78. The maximum absolute atomic E-state index is 11.9. The molecule has 2 aliphatic heterocycles. The Morgan fingerprint density at radius 1 is 1.05 bits per heavy atom. The molecule has 2 saturated heterocycles. The number of carbonyl (C=O) groups is 1. The van der Waals surface area contributed by atoms with Crippen LogP contribution in [-0.4, -0.2) is 71.4 Å². The highest BCUT2D eigenvalue weighted by Gasteiger charge is 2.60. The smallest absolute Gasteiger partial charge is 0.393 e. The topological polar surface area (TPSA) is 192 Å². The lowest BCUT2D eigenvalue weighted by Crippen LogP contribution is -2.54. The molecule has 0 aromatic carbocycles. The zero-order valence-corrected chi connectivity index (χ0v) is 25.5. The highest BCUT2D eigenvalue weighted by molar-refractivity contribution is 7.47. The van der Waals surface area contributed by atoms with Crippen molar-refractivity contribution in [2.75, 3.05) is 12.3 Å². The van der Waals surface area contributed by atoms with Gasteiger partial charge in [-0.15, -0.1) is 0 Å². The second-order valence-corrected chi connectivity index (χ2v) is 15.4. The van der Waals surface area contributed by atoms with Crippen molar-refractivity contribution in [3.8, 4) is 0 Å². The normalized spacial score (nSPS) is 47.2. The zero-order chi connectivity index (χ0) is 30.3. The number of imidazole rings is 1. The lowest BCUT2D eigenvalue weighted by atomic mass is 9.45. The Morgan fingerprint density at radius 3 is 2.65 bits per heavy atom. The molecule has 4 heterocycles. The SMILES string of the molecule is C[C@]12CCC(=O)C[C@@H]1CC[C@@H]1[C@@H]2CC[C@]2(C)[C@@H](O)CC[C@@H]12.Nc1ncnc2c1ncn2[C@@H]1O[C@@H]2COP(=O)(O)O[C@H]2[C@H]1O. The number of carbonyl (C=O) groups excluding carboxylic acids is 1. The molecule has 4 saturated carbocycles. The first-order chi connectivity index (χ1) is 20.4. The summed E-state index contributed by atoms with van der Waals surface area (Å²) in [5.41, 5.74) is 7.06. The van der Waals surface area contributed by atoms with E-state index in [0.29, 0.717) is 28.3 Å². The predicted molar refractivity (Wildman–Crippen MR) is 153 cm³/mol. The first kappa shape index (κ1) is 29.7. The standard InChI is InChI=1S/C19H30O2.C10H12N5O6P/c1-18-9-7-13(20)11-12(18)3-4-14-15-5-6-17(21)19(15,2)10-8-16(14)18;11-8-5-9(13-2-12-8)15(3-14-5)10-6(16)7-4(20-10)1-19-22(17,18)21-7/h12,14-17,21H,3-11H2,1-2H3;2-4,6-7,10,16H,1H2,(H,17,18)(H2,11,12,13)/t12-,14-,15-,16-,17-,18-,19-;4-,6-,7-,10-/m01/s1. The van der Waals surface area contributed by atoms with Gasteiger partial charge in [-0.3, -0.25) is 18.4 Å². The van der Waals surface area contributed by atoms with Gasteiger partial charge in [0.15, 0.2) is 17.7 Å². The van der Waals surface area contributed by atoms with Gasteiger partial charge in [0.25, 0.3) is 0 Å². The van der Waals surface area contributed by atoms with E-state index in [1.807, 2.05) is 0 Å². The van der Waals surface area contributed by atoms with Crippen LogP contribution >= 0.6 is 7.82 Å². The van der Waals surface area contributed by atoms with E-state index in [2.05, 4.69) is 33.3 Å². The van der Waals surface area contributed by atoms with E-state index in [9.17, 15) is 24.5 Å². The van der Waals surface area contributed by atoms with Crippen molar-refractivity contribution in [1.82, 2.24) is 19.5 Å². The second-order valence-electron chi connectivity index (χ2n) is 14.0. The van der Waals surface area contributed by atoms with Crippen LogP contribution < -0.4 is 5.73 Å². The minimum atomic E-state index is -4.16. The van der Waals surface area contributed by atoms with Crippen molar-refractivity contribution < 1.29 is 38.3 Å². The van der Waals surface area contributed by atoms with Crippen molar-refractivity contribution in [2.24, 2.45) is 34.5 Å². The maximum atomic E-state index is 11.9. The molecule has 4 aliphatic carbocycles. The van der Waals surface area contributed by atoms with Crippen LogP contribution in [0.5, 0.6) is 0 Å². The number of nitrogens with two attached hydrogens (primary N) is 1. The van der Waals surface area contributed by atoms with Crippen molar-refractivity contribution in [3.05, 3.63) is 12.7 Å². The summed E-state index contributed by atoms with van der Waals surface area (Å²) in [7, 11) is -4.16. The largest absolute Gasteiger partial charge is 0.472 e. The summed E-state index contributed by atoms with van der Waals surface area (Å²) in [6, 6.07) is 0. The number of fused-ring (bicyclic) bond motifs is 7. The molecule has 43 heavy (non-hydrogen) atoms. The molecule has 12 atom stereocenters. The van der Waals surface area contributed by atoms with Gasteiger partial charge in [0.1, 0.15) is 35.9 Å². The fourth-order valence-electron chi connectivity index (χ4n) is 9.64. The van der Waals surface area contributed by atoms with Gasteiger partial charge in [0.2, 0.25) is 0 Å². The number of hydrogen-bond donors (Lipinski definition) is 4. The summed E-state index contributed by atoms with van der Waals surface area (Å²) in [4.78, 5) is 33.2. The fourth-order valence-corrected chi connectivity index (χ4v) is 10.6. The van der Waals surface area contributed by atoms with Crippen molar-refractivity contribution in [2.45, 2.75) is 102 Å². The highest BCUT2D eigenvalue weighted by Crippen LogP contribution is 2.66. The Morgan fingerprint density at radius 2 is 1.84 bits per heavy atom. The van der Waals surface area contributed by atoms with Crippen molar-refractivity contribution in [1.29, 1.82) is 0 Å². The van der Waals surface area contributed by atoms with Gasteiger partial charge in [-0.05, 0) is 79.4 Å². The third-order valence-electron chi connectivity index (χ3n) is 12.1. The number of ketones is 1. The highest BCUT2D eigenvalue weighted by atomic mass is 31.2. The van der Waals surface area contributed by atoms with Gasteiger partial charge in [-0.2, -0.15) is 0 Å². The average molecular weight is 620 g/mol. The Kier molecular flexibility index (Phi) is 7.28. The van der Waals surface area contributed by atoms with Gasteiger partial charge in [0, 0.05) is 12.8 Å². The van der Waals surface area contributed by atoms with Gasteiger partial charge < -0.3 is 25.6 Å². The van der Waals surface area contributed by atoms with E-state index in [1.54, 1.807) is 0 Å². The van der Waals surface area contributed by atoms with Crippen LogP contribution in [0.2, 0.25) is 0 Å². The monoisotopic (exact) mass is 619 g/mol. The number of hydrogen-bond acceptors (Lipinski definition) is 11. The zero-order valence-electron chi connectivity index (χ0n) is 24.6. The molecule has 0 radical (unpaired) electrons. The molecule has 6 fully saturated rings. The molecule has 13 nitrogen and oxygen atoms in total. The molecule has 236 valence electrons. The molecule has 6 aliphatic rings. The first-order valence-corrected chi connectivity index (χ1v) is 17.0. The van der Waals surface area contributed by atoms with Gasteiger partial charge in [-0.25, -0.2) is 19.5 Å². The van der Waals surface area contributed by atoms with E-state index in [1.165, 1.54) is 49.3 Å². The van der Waals surface area contributed by atoms with E-state index >= 15 is 0 Å². The minimum absolute atomic E-state index is 0.0677. The number of aliphatic hydroxyl groups excluding tert-OH is 2. The number of nitrogen functional groups attached to an aromatic ring is 1. The number of aliphatic hydroxyl groups is 2. The number of nitrogens with zero attached hydrogens (tertiary/aromatic N) is 4. The van der Waals surface area contributed by atoms with Crippen molar-refractivity contribution >= 4 is 30.6 Å². The van der Waals surface area contributed by atoms with E-state index in [4.69, 9.17) is 15.0 Å².